The smallest absolute Gasteiger partial charge is 0.235 e. The van der Waals surface area contributed by atoms with Gasteiger partial charge in [-0.15, -0.1) is 0 Å². The van der Waals surface area contributed by atoms with Crippen LogP contribution in [0.5, 0.6) is 0 Å². The van der Waals surface area contributed by atoms with Crippen molar-refractivity contribution >= 4 is 5.91 Å². The molecule has 7 heteroatoms. The van der Waals surface area contributed by atoms with Gasteiger partial charge in [0.2, 0.25) is 5.91 Å². The zero-order valence-electron chi connectivity index (χ0n) is 7.46. The van der Waals surface area contributed by atoms with Crippen molar-refractivity contribution in [2.75, 3.05) is 13.2 Å². The van der Waals surface area contributed by atoms with E-state index in [-0.39, 0.29) is 6.54 Å². The Kier molecular flexibility index (Phi) is 3.78. The molecule has 6 N–H and O–H groups in total. The summed E-state index contributed by atoms with van der Waals surface area (Å²) in [4.78, 5) is 10.8. The average Bonchev–Trinajstić information content (AvgIpc) is 2.45. The second-order valence-electron chi connectivity index (χ2n) is 3.03. The molecule has 1 aliphatic heterocycles. The molecule has 0 aromatic heterocycles. The Labute approximate surface area is 80.5 Å². The molecule has 1 aliphatic rings. The van der Waals surface area contributed by atoms with Gasteiger partial charge in [0.15, 0.2) is 6.23 Å². The molecule has 1 saturated heterocycles. The summed E-state index contributed by atoms with van der Waals surface area (Å²) in [5.41, 5.74) is 5.04. The van der Waals surface area contributed by atoms with Crippen molar-refractivity contribution in [2.24, 2.45) is 5.73 Å². The third-order valence-electron chi connectivity index (χ3n) is 2.03. The van der Waals surface area contributed by atoms with E-state index in [2.05, 4.69) is 5.32 Å². The van der Waals surface area contributed by atoms with Crippen LogP contribution in [0.3, 0.4) is 0 Å². The second kappa shape index (κ2) is 4.67. The molecule has 7 nitrogen and oxygen atoms in total. The molecule has 0 aromatic carbocycles. The van der Waals surface area contributed by atoms with Gasteiger partial charge in [-0.05, 0) is 0 Å². The van der Waals surface area contributed by atoms with Crippen LogP contribution in [0.4, 0.5) is 0 Å². The van der Waals surface area contributed by atoms with E-state index in [0.717, 1.165) is 0 Å². The number of amides is 1. The molecule has 0 aliphatic carbocycles. The molecule has 4 atom stereocenters. The normalized spacial score (nSPS) is 37.1. The van der Waals surface area contributed by atoms with E-state index in [9.17, 15) is 15.0 Å². The maximum absolute atomic E-state index is 10.8. The number of carbonyl (C=O) groups is 1. The van der Waals surface area contributed by atoms with Gasteiger partial charge in [-0.1, -0.05) is 0 Å². The Morgan fingerprint density at radius 1 is 1.43 bits per heavy atom. The summed E-state index contributed by atoms with van der Waals surface area (Å²) in [6.07, 6.45) is -4.35. The fraction of sp³-hybridized carbons (Fsp3) is 0.857. The molecule has 0 bridgehead atoms. The van der Waals surface area contributed by atoms with Gasteiger partial charge in [0.25, 0.3) is 0 Å². The lowest BCUT2D eigenvalue weighted by Crippen LogP contribution is -2.45. The molecule has 0 aromatic rings. The van der Waals surface area contributed by atoms with Crippen molar-refractivity contribution in [1.82, 2.24) is 5.32 Å². The van der Waals surface area contributed by atoms with E-state index < -0.39 is 37.1 Å². The standard InChI is InChI=1S/C7H14N2O5/c8-1-4(11)9-7-6(13)5(12)3(2-10)14-7/h3,5-7,10,12-13H,1-2,8H2,(H,9,11)/t3-,5-,6-,7-/m1/s1. The van der Waals surface area contributed by atoms with Crippen molar-refractivity contribution < 1.29 is 24.9 Å². The average molecular weight is 206 g/mol. The van der Waals surface area contributed by atoms with Crippen LogP contribution in [0.25, 0.3) is 0 Å². The predicted molar refractivity (Wildman–Crippen MR) is 45.0 cm³/mol. The number of nitrogens with two attached hydrogens (primary N) is 1. The molecule has 82 valence electrons. The zero-order valence-corrected chi connectivity index (χ0v) is 7.46. The van der Waals surface area contributed by atoms with Gasteiger partial charge >= 0.3 is 0 Å². The highest BCUT2D eigenvalue weighted by atomic mass is 16.6. The summed E-state index contributed by atoms with van der Waals surface area (Å²) in [5, 5.41) is 29.7. The quantitative estimate of drug-likeness (QED) is 0.326. The monoisotopic (exact) mass is 206 g/mol. The fourth-order valence-corrected chi connectivity index (χ4v) is 1.24. The Bertz CT molecular complexity index is 212. The molecule has 1 rings (SSSR count). The molecule has 14 heavy (non-hydrogen) atoms. The molecular formula is C7H14N2O5. The van der Waals surface area contributed by atoms with Crippen molar-refractivity contribution in [1.29, 1.82) is 0 Å². The highest BCUT2D eigenvalue weighted by molar-refractivity contribution is 5.78. The number of hydrogen-bond acceptors (Lipinski definition) is 6. The highest BCUT2D eigenvalue weighted by Crippen LogP contribution is 2.18. The molecule has 1 heterocycles. The summed E-state index contributed by atoms with van der Waals surface area (Å²) < 4.78 is 4.97. The number of nitrogens with one attached hydrogen (secondary N) is 1. The topological polar surface area (TPSA) is 125 Å². The second-order valence-corrected chi connectivity index (χ2v) is 3.03. The van der Waals surface area contributed by atoms with Gasteiger partial charge in [0.1, 0.15) is 18.3 Å². The summed E-state index contributed by atoms with van der Waals surface area (Å²) in [6, 6.07) is 0. The van der Waals surface area contributed by atoms with Crippen molar-refractivity contribution in [3.8, 4) is 0 Å². The minimum atomic E-state index is -1.25. The van der Waals surface area contributed by atoms with Crippen LogP contribution >= 0.6 is 0 Å². The summed E-state index contributed by atoms with van der Waals surface area (Å²) in [7, 11) is 0. The van der Waals surface area contributed by atoms with Crippen molar-refractivity contribution in [2.45, 2.75) is 24.5 Å². The number of ether oxygens (including phenoxy) is 1. The lowest BCUT2D eigenvalue weighted by Gasteiger charge is -2.15. The van der Waals surface area contributed by atoms with E-state index in [1.807, 2.05) is 0 Å². The van der Waals surface area contributed by atoms with E-state index in [1.165, 1.54) is 0 Å². The number of aliphatic hydroxyl groups is 3. The Hall–Kier alpha value is -0.730. The molecule has 0 spiro atoms. The van der Waals surface area contributed by atoms with Crippen LogP contribution in [0, 0.1) is 0 Å². The predicted octanol–water partition coefficient (Wildman–Crippen LogP) is -3.50. The minimum Gasteiger partial charge on any atom is -0.394 e. The van der Waals surface area contributed by atoms with Gasteiger partial charge in [-0.2, -0.15) is 0 Å². The van der Waals surface area contributed by atoms with Crippen LogP contribution in [-0.4, -0.2) is 58.9 Å². The fourth-order valence-electron chi connectivity index (χ4n) is 1.24. The summed E-state index contributed by atoms with van der Waals surface area (Å²) >= 11 is 0. The largest absolute Gasteiger partial charge is 0.394 e. The molecule has 1 amide bonds. The van der Waals surface area contributed by atoms with Gasteiger partial charge in [0, 0.05) is 0 Å². The number of hydrogen-bond donors (Lipinski definition) is 5. The molecular weight excluding hydrogens is 192 g/mol. The SMILES string of the molecule is NCC(=O)N[C@@H]1O[C@H](CO)[C@@H](O)[C@H]1O. The summed E-state index contributed by atoms with van der Waals surface area (Å²) in [5.74, 6) is -0.500. The van der Waals surface area contributed by atoms with E-state index >= 15 is 0 Å². The van der Waals surface area contributed by atoms with E-state index in [1.54, 1.807) is 0 Å². The van der Waals surface area contributed by atoms with Crippen molar-refractivity contribution in [3.63, 3.8) is 0 Å². The first-order valence-electron chi connectivity index (χ1n) is 4.22. The summed E-state index contributed by atoms with van der Waals surface area (Å²) in [6.45, 7) is -0.653. The Morgan fingerprint density at radius 3 is 2.50 bits per heavy atom. The first-order valence-corrected chi connectivity index (χ1v) is 4.22. The lowest BCUT2D eigenvalue weighted by molar-refractivity contribution is -0.126. The maximum atomic E-state index is 10.8. The first kappa shape index (κ1) is 11.3. The molecule has 1 fully saturated rings. The minimum absolute atomic E-state index is 0.230. The third-order valence-corrected chi connectivity index (χ3v) is 2.03. The third kappa shape index (κ3) is 2.20. The number of carbonyl (C=O) groups excluding carboxylic acids is 1. The molecule has 0 radical (unpaired) electrons. The van der Waals surface area contributed by atoms with Gasteiger partial charge in [0.05, 0.1) is 13.2 Å². The van der Waals surface area contributed by atoms with Crippen LogP contribution in [0.2, 0.25) is 0 Å². The molecule has 0 unspecified atom stereocenters. The Morgan fingerprint density at radius 2 is 2.07 bits per heavy atom. The van der Waals surface area contributed by atoms with Gasteiger partial charge in [-0.25, -0.2) is 0 Å². The van der Waals surface area contributed by atoms with Gasteiger partial charge in [-0.3, -0.25) is 4.79 Å². The van der Waals surface area contributed by atoms with Crippen LogP contribution < -0.4 is 11.1 Å². The number of rotatable bonds is 3. The van der Waals surface area contributed by atoms with Crippen LogP contribution in [-0.2, 0) is 9.53 Å². The van der Waals surface area contributed by atoms with E-state index in [0.29, 0.717) is 0 Å². The van der Waals surface area contributed by atoms with Crippen LogP contribution in [0.15, 0.2) is 0 Å². The maximum Gasteiger partial charge on any atom is 0.235 e. The zero-order chi connectivity index (χ0) is 10.7. The molecule has 0 saturated carbocycles. The Balaban J connectivity index is 2.52. The van der Waals surface area contributed by atoms with Gasteiger partial charge < -0.3 is 31.1 Å². The van der Waals surface area contributed by atoms with Crippen LogP contribution in [0.1, 0.15) is 0 Å². The van der Waals surface area contributed by atoms with Crippen molar-refractivity contribution in [3.05, 3.63) is 0 Å². The lowest BCUT2D eigenvalue weighted by atomic mass is 10.1. The first-order chi connectivity index (χ1) is 6.60. The highest BCUT2D eigenvalue weighted by Gasteiger charge is 2.42. The van der Waals surface area contributed by atoms with E-state index in [4.69, 9.17) is 15.6 Å². The number of aliphatic hydroxyl groups excluding tert-OH is 3.